The molecule has 1 fully saturated rings. The Labute approximate surface area is 102 Å². The Morgan fingerprint density at radius 2 is 2.18 bits per heavy atom. The van der Waals surface area contributed by atoms with Gasteiger partial charge in [-0.3, -0.25) is 0 Å². The lowest BCUT2D eigenvalue weighted by atomic mass is 9.85. The third kappa shape index (κ3) is 2.19. The van der Waals surface area contributed by atoms with E-state index in [9.17, 15) is 5.26 Å². The molecule has 2 N–H and O–H groups in total. The van der Waals surface area contributed by atoms with Crippen molar-refractivity contribution in [2.45, 2.75) is 44.6 Å². The van der Waals surface area contributed by atoms with Gasteiger partial charge in [-0.1, -0.05) is 25.3 Å². The van der Waals surface area contributed by atoms with Gasteiger partial charge in [-0.15, -0.1) is 6.58 Å². The van der Waals surface area contributed by atoms with E-state index in [0.29, 0.717) is 23.8 Å². The molecule has 0 bridgehead atoms. The number of nitrogen functional groups attached to an aromatic ring is 1. The number of anilines is 1. The van der Waals surface area contributed by atoms with Gasteiger partial charge in [-0.05, 0) is 12.8 Å². The molecule has 1 aromatic rings. The van der Waals surface area contributed by atoms with Crippen molar-refractivity contribution in [1.29, 1.82) is 5.26 Å². The summed E-state index contributed by atoms with van der Waals surface area (Å²) in [6, 6.07) is 2.20. The second-order valence-electron chi connectivity index (χ2n) is 4.56. The second-order valence-corrected chi connectivity index (χ2v) is 4.56. The number of aromatic nitrogens is 2. The summed E-state index contributed by atoms with van der Waals surface area (Å²) < 4.78 is 1.68. The molecule has 0 aliphatic heterocycles. The summed E-state index contributed by atoms with van der Waals surface area (Å²) in [7, 11) is 0. The van der Waals surface area contributed by atoms with Gasteiger partial charge in [0.25, 0.3) is 0 Å². The average molecular weight is 230 g/mol. The number of allylic oxidation sites excluding steroid dienone is 1. The molecule has 1 heterocycles. The van der Waals surface area contributed by atoms with Gasteiger partial charge < -0.3 is 5.73 Å². The summed E-state index contributed by atoms with van der Waals surface area (Å²) in [6.07, 6.45) is 7.74. The molecule has 90 valence electrons. The summed E-state index contributed by atoms with van der Waals surface area (Å²) in [6.45, 7) is 4.24. The van der Waals surface area contributed by atoms with Crippen LogP contribution in [0.1, 0.15) is 49.3 Å². The molecule has 4 heteroatoms. The van der Waals surface area contributed by atoms with Crippen molar-refractivity contribution in [3.8, 4) is 6.07 Å². The van der Waals surface area contributed by atoms with Crippen molar-refractivity contribution in [2.75, 3.05) is 5.73 Å². The number of rotatable bonds is 3. The van der Waals surface area contributed by atoms with Crippen LogP contribution < -0.4 is 5.73 Å². The predicted octanol–water partition coefficient (Wildman–Crippen LogP) is 2.57. The van der Waals surface area contributed by atoms with Crippen LogP contribution in [-0.4, -0.2) is 9.78 Å². The van der Waals surface area contributed by atoms with Gasteiger partial charge in [0.15, 0.2) is 0 Å². The molecule has 0 amide bonds. The van der Waals surface area contributed by atoms with E-state index < -0.39 is 0 Å². The molecule has 2 rings (SSSR count). The summed E-state index contributed by atoms with van der Waals surface area (Å²) in [5.74, 6) is 0.889. The summed E-state index contributed by atoms with van der Waals surface area (Å²) in [5, 5.41) is 13.7. The Hall–Kier alpha value is -1.76. The fourth-order valence-electron chi connectivity index (χ4n) is 2.53. The maximum atomic E-state index is 9.20. The van der Waals surface area contributed by atoms with Gasteiger partial charge in [-0.25, -0.2) is 4.68 Å². The maximum absolute atomic E-state index is 9.20. The third-order valence-corrected chi connectivity index (χ3v) is 3.42. The van der Waals surface area contributed by atoms with E-state index in [4.69, 9.17) is 5.73 Å². The van der Waals surface area contributed by atoms with Crippen molar-refractivity contribution >= 4 is 5.82 Å². The minimum atomic E-state index is 0.409. The van der Waals surface area contributed by atoms with Gasteiger partial charge in [-0.2, -0.15) is 10.4 Å². The Morgan fingerprint density at radius 1 is 1.47 bits per heavy atom. The van der Waals surface area contributed by atoms with Crippen LogP contribution in [0.5, 0.6) is 0 Å². The zero-order chi connectivity index (χ0) is 12.3. The molecule has 0 unspecified atom stereocenters. The van der Waals surface area contributed by atoms with Crippen molar-refractivity contribution < 1.29 is 0 Å². The highest BCUT2D eigenvalue weighted by atomic mass is 15.3. The van der Waals surface area contributed by atoms with Crippen LogP contribution in [0.3, 0.4) is 0 Å². The van der Waals surface area contributed by atoms with Crippen molar-refractivity contribution in [3.63, 3.8) is 0 Å². The summed E-state index contributed by atoms with van der Waals surface area (Å²) in [5.41, 5.74) is 7.40. The minimum absolute atomic E-state index is 0.409. The highest BCUT2D eigenvalue weighted by Crippen LogP contribution is 2.35. The summed E-state index contributed by atoms with van der Waals surface area (Å²) >= 11 is 0. The Kier molecular flexibility index (Phi) is 3.48. The fourth-order valence-corrected chi connectivity index (χ4v) is 2.53. The van der Waals surface area contributed by atoms with E-state index in [0.717, 1.165) is 18.5 Å². The molecule has 1 saturated carbocycles. The molecular weight excluding hydrogens is 212 g/mol. The zero-order valence-corrected chi connectivity index (χ0v) is 10.0. The average Bonchev–Trinajstić information content (AvgIpc) is 2.68. The number of nitrogens with zero attached hydrogens (tertiary/aromatic N) is 3. The molecular formula is C13H18N4. The Bertz CT molecular complexity index is 447. The van der Waals surface area contributed by atoms with E-state index in [-0.39, 0.29) is 0 Å². The lowest BCUT2D eigenvalue weighted by Crippen LogP contribution is -2.07. The normalized spacial score (nSPS) is 16.6. The van der Waals surface area contributed by atoms with Gasteiger partial charge in [0.1, 0.15) is 17.5 Å². The third-order valence-electron chi connectivity index (χ3n) is 3.42. The Morgan fingerprint density at radius 3 is 2.76 bits per heavy atom. The first kappa shape index (κ1) is 11.7. The van der Waals surface area contributed by atoms with Crippen LogP contribution in [0.4, 0.5) is 5.82 Å². The lowest BCUT2D eigenvalue weighted by Gasteiger charge is -2.19. The van der Waals surface area contributed by atoms with Gasteiger partial charge >= 0.3 is 0 Å². The van der Waals surface area contributed by atoms with Crippen molar-refractivity contribution in [2.24, 2.45) is 0 Å². The molecule has 4 nitrogen and oxygen atoms in total. The standard InChI is InChI=1S/C13H18N4/c1-2-8-17-13(15)11(9-14)12(16-17)10-6-4-3-5-7-10/h2,10H,1,3-8,15H2. The molecule has 0 radical (unpaired) electrons. The lowest BCUT2D eigenvalue weighted by molar-refractivity contribution is 0.432. The van der Waals surface area contributed by atoms with E-state index >= 15 is 0 Å². The van der Waals surface area contributed by atoms with Crippen LogP contribution in [0.2, 0.25) is 0 Å². The van der Waals surface area contributed by atoms with E-state index in [1.165, 1.54) is 19.3 Å². The number of hydrogen-bond acceptors (Lipinski definition) is 3. The van der Waals surface area contributed by atoms with Crippen LogP contribution in [-0.2, 0) is 6.54 Å². The Balaban J connectivity index is 2.35. The first-order valence-corrected chi connectivity index (χ1v) is 6.15. The van der Waals surface area contributed by atoms with Crippen molar-refractivity contribution in [1.82, 2.24) is 9.78 Å². The molecule has 0 spiro atoms. The largest absolute Gasteiger partial charge is 0.383 e. The highest BCUT2D eigenvalue weighted by molar-refractivity contribution is 5.53. The zero-order valence-electron chi connectivity index (χ0n) is 10.0. The van der Waals surface area contributed by atoms with Crippen LogP contribution in [0, 0.1) is 11.3 Å². The van der Waals surface area contributed by atoms with Crippen molar-refractivity contribution in [3.05, 3.63) is 23.9 Å². The van der Waals surface area contributed by atoms with Crippen LogP contribution in [0.25, 0.3) is 0 Å². The number of hydrogen-bond donors (Lipinski definition) is 1. The topological polar surface area (TPSA) is 67.6 Å². The fraction of sp³-hybridized carbons (Fsp3) is 0.538. The van der Waals surface area contributed by atoms with Crippen LogP contribution >= 0.6 is 0 Å². The molecule has 17 heavy (non-hydrogen) atoms. The molecule has 0 saturated heterocycles. The monoisotopic (exact) mass is 230 g/mol. The van der Waals surface area contributed by atoms with Crippen LogP contribution in [0.15, 0.2) is 12.7 Å². The van der Waals surface area contributed by atoms with E-state index in [2.05, 4.69) is 17.7 Å². The second kappa shape index (κ2) is 5.05. The SMILES string of the molecule is C=CCn1nc(C2CCCCC2)c(C#N)c1N. The molecule has 1 aliphatic carbocycles. The summed E-state index contributed by atoms with van der Waals surface area (Å²) in [4.78, 5) is 0. The first-order valence-electron chi connectivity index (χ1n) is 6.15. The van der Waals surface area contributed by atoms with Gasteiger partial charge in [0.2, 0.25) is 0 Å². The molecule has 0 atom stereocenters. The van der Waals surface area contributed by atoms with Gasteiger partial charge in [0.05, 0.1) is 12.2 Å². The molecule has 0 aromatic carbocycles. The molecule has 1 aliphatic rings. The predicted molar refractivity (Wildman–Crippen MR) is 67.4 cm³/mol. The smallest absolute Gasteiger partial charge is 0.140 e. The van der Waals surface area contributed by atoms with E-state index in [1.54, 1.807) is 10.8 Å². The van der Waals surface area contributed by atoms with Gasteiger partial charge in [0, 0.05) is 5.92 Å². The quantitative estimate of drug-likeness (QED) is 0.811. The minimum Gasteiger partial charge on any atom is -0.383 e. The number of nitriles is 1. The molecule has 1 aromatic heterocycles. The first-order chi connectivity index (χ1) is 8.27. The number of nitrogens with two attached hydrogens (primary N) is 1. The van der Waals surface area contributed by atoms with E-state index in [1.807, 2.05) is 0 Å². The highest BCUT2D eigenvalue weighted by Gasteiger charge is 2.24. The maximum Gasteiger partial charge on any atom is 0.140 e.